The van der Waals surface area contributed by atoms with E-state index in [-0.39, 0.29) is 18.1 Å². The molecule has 2 unspecified atom stereocenters. The Balaban J connectivity index is 1.84. The van der Waals surface area contributed by atoms with Gasteiger partial charge in [-0.05, 0) is 47.0 Å². The minimum atomic E-state index is -0.391. The van der Waals surface area contributed by atoms with Crippen LogP contribution in [0.15, 0.2) is 22.7 Å². The maximum atomic E-state index is 13.2. The van der Waals surface area contributed by atoms with E-state index in [4.69, 9.17) is 4.74 Å². The van der Waals surface area contributed by atoms with Gasteiger partial charge in [-0.3, -0.25) is 4.79 Å². The molecule has 0 spiro atoms. The molecular formula is C13H13BrFNO2. The fourth-order valence-electron chi connectivity index (χ4n) is 2.61. The second-order valence-corrected chi connectivity index (χ2v) is 5.65. The van der Waals surface area contributed by atoms with E-state index in [1.807, 2.05) is 0 Å². The molecule has 2 fully saturated rings. The second-order valence-electron chi connectivity index (χ2n) is 4.79. The number of benzene rings is 1. The number of carbonyl (C=O) groups is 1. The topological polar surface area (TPSA) is 29.5 Å². The van der Waals surface area contributed by atoms with Crippen LogP contribution in [0.25, 0.3) is 0 Å². The van der Waals surface area contributed by atoms with Crippen molar-refractivity contribution < 1.29 is 13.9 Å². The average Bonchev–Trinajstić information content (AvgIpc) is 2.70. The third-order valence-electron chi connectivity index (χ3n) is 3.49. The van der Waals surface area contributed by atoms with Gasteiger partial charge in [0.2, 0.25) is 0 Å². The predicted molar refractivity (Wildman–Crippen MR) is 67.9 cm³/mol. The zero-order chi connectivity index (χ0) is 12.7. The van der Waals surface area contributed by atoms with Gasteiger partial charge in [0.25, 0.3) is 5.91 Å². The molecule has 2 aliphatic rings. The van der Waals surface area contributed by atoms with Crippen molar-refractivity contribution in [2.75, 3.05) is 13.1 Å². The highest BCUT2D eigenvalue weighted by Gasteiger charge is 2.36. The fourth-order valence-corrected chi connectivity index (χ4v) is 3.03. The Bertz CT molecular complexity index is 482. The monoisotopic (exact) mass is 313 g/mol. The zero-order valence-corrected chi connectivity index (χ0v) is 11.3. The number of halogens is 2. The van der Waals surface area contributed by atoms with Crippen LogP contribution in [0.1, 0.15) is 23.2 Å². The van der Waals surface area contributed by atoms with E-state index < -0.39 is 5.82 Å². The molecule has 2 bridgehead atoms. The number of rotatable bonds is 1. The summed E-state index contributed by atoms with van der Waals surface area (Å²) in [6, 6.07) is 4.19. The van der Waals surface area contributed by atoms with Crippen LogP contribution < -0.4 is 0 Å². The van der Waals surface area contributed by atoms with Crippen molar-refractivity contribution in [2.45, 2.75) is 25.0 Å². The summed E-state index contributed by atoms with van der Waals surface area (Å²) < 4.78 is 19.5. The second kappa shape index (κ2) is 4.63. The van der Waals surface area contributed by atoms with E-state index in [1.54, 1.807) is 11.0 Å². The van der Waals surface area contributed by atoms with E-state index in [9.17, 15) is 9.18 Å². The van der Waals surface area contributed by atoms with Gasteiger partial charge in [-0.1, -0.05) is 0 Å². The molecular weight excluding hydrogens is 301 g/mol. The molecule has 2 atom stereocenters. The summed E-state index contributed by atoms with van der Waals surface area (Å²) in [4.78, 5) is 14.1. The smallest absolute Gasteiger partial charge is 0.255 e. The first-order valence-corrected chi connectivity index (χ1v) is 6.82. The van der Waals surface area contributed by atoms with Crippen LogP contribution in [0, 0.1) is 5.82 Å². The lowest BCUT2D eigenvalue weighted by atomic mass is 10.1. The molecule has 3 nitrogen and oxygen atoms in total. The molecule has 5 heteroatoms. The average molecular weight is 314 g/mol. The van der Waals surface area contributed by atoms with E-state index in [0.717, 1.165) is 12.8 Å². The highest BCUT2D eigenvalue weighted by Crippen LogP contribution is 2.28. The summed E-state index contributed by atoms with van der Waals surface area (Å²) in [7, 11) is 0. The lowest BCUT2D eigenvalue weighted by molar-refractivity contribution is -0.0303. The van der Waals surface area contributed by atoms with Crippen LogP contribution >= 0.6 is 15.9 Å². The van der Waals surface area contributed by atoms with Crippen LogP contribution in [0.5, 0.6) is 0 Å². The van der Waals surface area contributed by atoms with Crippen molar-refractivity contribution in [3.05, 3.63) is 34.1 Å². The van der Waals surface area contributed by atoms with E-state index in [1.165, 1.54) is 12.1 Å². The van der Waals surface area contributed by atoms with Crippen LogP contribution in [0.3, 0.4) is 0 Å². The summed E-state index contributed by atoms with van der Waals surface area (Å²) >= 11 is 3.30. The lowest BCUT2D eigenvalue weighted by Gasteiger charge is -2.32. The highest BCUT2D eigenvalue weighted by atomic mass is 79.9. The maximum Gasteiger partial charge on any atom is 0.255 e. The summed E-state index contributed by atoms with van der Waals surface area (Å²) in [5, 5.41) is 0. The molecule has 0 aliphatic carbocycles. The summed E-state index contributed by atoms with van der Waals surface area (Å²) in [6.07, 6.45) is 2.33. The Labute approximate surface area is 113 Å². The lowest BCUT2D eigenvalue weighted by Crippen LogP contribution is -2.45. The van der Waals surface area contributed by atoms with Crippen molar-refractivity contribution in [3.63, 3.8) is 0 Å². The fraction of sp³-hybridized carbons (Fsp3) is 0.462. The molecule has 1 aromatic rings. The van der Waals surface area contributed by atoms with Crippen molar-refractivity contribution in [1.82, 2.24) is 4.90 Å². The van der Waals surface area contributed by atoms with Gasteiger partial charge in [0, 0.05) is 17.6 Å². The molecule has 1 amide bonds. The number of morpholine rings is 1. The van der Waals surface area contributed by atoms with Crippen molar-refractivity contribution >= 4 is 21.8 Å². The molecule has 3 rings (SSSR count). The van der Waals surface area contributed by atoms with Crippen molar-refractivity contribution in [3.8, 4) is 0 Å². The first kappa shape index (κ1) is 12.1. The third kappa shape index (κ3) is 2.17. The van der Waals surface area contributed by atoms with Gasteiger partial charge in [-0.15, -0.1) is 0 Å². The first-order valence-electron chi connectivity index (χ1n) is 6.03. The Kier molecular flexibility index (Phi) is 3.11. The van der Waals surface area contributed by atoms with Crippen molar-refractivity contribution in [2.24, 2.45) is 0 Å². The third-order valence-corrected chi connectivity index (χ3v) is 4.18. The zero-order valence-electron chi connectivity index (χ0n) is 9.73. The predicted octanol–water partition coefficient (Wildman–Crippen LogP) is 2.59. The Morgan fingerprint density at radius 2 is 2.00 bits per heavy atom. The Morgan fingerprint density at radius 1 is 1.33 bits per heavy atom. The molecule has 0 aromatic heterocycles. The number of ether oxygens (including phenoxy) is 1. The number of amides is 1. The number of hydrogen-bond donors (Lipinski definition) is 0. The summed E-state index contributed by atoms with van der Waals surface area (Å²) in [6.45, 7) is 1.22. The highest BCUT2D eigenvalue weighted by molar-refractivity contribution is 9.10. The SMILES string of the molecule is O=C(c1cc(F)ccc1Br)N1CC2CCC(C1)O2. The van der Waals surface area contributed by atoms with Gasteiger partial charge < -0.3 is 9.64 Å². The maximum absolute atomic E-state index is 13.2. The molecule has 0 radical (unpaired) electrons. The summed E-state index contributed by atoms with van der Waals surface area (Å²) in [5.41, 5.74) is 0.385. The van der Waals surface area contributed by atoms with Gasteiger partial charge in [-0.25, -0.2) is 4.39 Å². The number of nitrogens with zero attached hydrogens (tertiary/aromatic N) is 1. The molecule has 2 aliphatic heterocycles. The normalized spacial score (nSPS) is 26.4. The molecule has 1 aromatic carbocycles. The van der Waals surface area contributed by atoms with E-state index in [0.29, 0.717) is 23.1 Å². The minimum Gasteiger partial charge on any atom is -0.371 e. The van der Waals surface area contributed by atoms with Gasteiger partial charge in [0.15, 0.2) is 0 Å². The quantitative estimate of drug-likeness (QED) is 0.797. The molecule has 2 saturated heterocycles. The number of likely N-dealkylation sites (tertiary alicyclic amines) is 1. The van der Waals surface area contributed by atoms with Gasteiger partial charge in [-0.2, -0.15) is 0 Å². The first-order chi connectivity index (χ1) is 8.63. The molecule has 0 N–H and O–H groups in total. The number of fused-ring (bicyclic) bond motifs is 2. The molecule has 96 valence electrons. The van der Waals surface area contributed by atoms with Crippen molar-refractivity contribution in [1.29, 1.82) is 0 Å². The standard InChI is InChI=1S/C13H13BrFNO2/c14-12-4-1-8(15)5-11(12)13(17)16-6-9-2-3-10(7-16)18-9/h1,4-5,9-10H,2-3,6-7H2. The van der Waals surface area contributed by atoms with Crippen LogP contribution in [-0.2, 0) is 4.74 Å². The molecule has 0 saturated carbocycles. The van der Waals surface area contributed by atoms with Gasteiger partial charge in [0.1, 0.15) is 5.82 Å². The minimum absolute atomic E-state index is 0.124. The van der Waals surface area contributed by atoms with E-state index >= 15 is 0 Å². The Hall–Kier alpha value is -0.940. The van der Waals surface area contributed by atoms with Gasteiger partial charge >= 0.3 is 0 Å². The largest absolute Gasteiger partial charge is 0.371 e. The van der Waals surface area contributed by atoms with Crippen LogP contribution in [-0.4, -0.2) is 36.1 Å². The summed E-state index contributed by atoms with van der Waals surface area (Å²) in [5.74, 6) is -0.514. The van der Waals surface area contributed by atoms with Crippen LogP contribution in [0.2, 0.25) is 0 Å². The van der Waals surface area contributed by atoms with E-state index in [2.05, 4.69) is 15.9 Å². The van der Waals surface area contributed by atoms with Crippen LogP contribution in [0.4, 0.5) is 4.39 Å². The number of hydrogen-bond acceptors (Lipinski definition) is 2. The van der Waals surface area contributed by atoms with Gasteiger partial charge in [0.05, 0.1) is 17.8 Å². The molecule has 18 heavy (non-hydrogen) atoms. The Morgan fingerprint density at radius 3 is 2.67 bits per heavy atom. The number of carbonyl (C=O) groups excluding carboxylic acids is 1. The molecule has 2 heterocycles.